The van der Waals surface area contributed by atoms with E-state index >= 15 is 0 Å². The van der Waals surface area contributed by atoms with Gasteiger partial charge in [-0.15, -0.1) is 0 Å². The highest BCUT2D eigenvalue weighted by molar-refractivity contribution is 5.79. The van der Waals surface area contributed by atoms with E-state index in [4.69, 9.17) is 14.2 Å². The fourth-order valence-corrected chi connectivity index (χ4v) is 11.4. The Balaban J connectivity index is 0.000000173. The van der Waals surface area contributed by atoms with Crippen molar-refractivity contribution in [3.05, 3.63) is 171 Å². The maximum Gasteiger partial charge on any atom is 0.435 e. The van der Waals surface area contributed by atoms with Crippen LogP contribution in [0.4, 0.5) is 39.5 Å². The summed E-state index contributed by atoms with van der Waals surface area (Å²) in [5.74, 6) is -0.139. The van der Waals surface area contributed by atoms with Crippen molar-refractivity contribution >= 4 is 23.2 Å². The number of imidazole rings is 2. The Hall–Kier alpha value is -8.03. The molecule has 4 aromatic heterocycles. The molecule has 4 aromatic carbocycles. The summed E-state index contributed by atoms with van der Waals surface area (Å²) in [6.45, 7) is 3.62. The second kappa shape index (κ2) is 18.9. The summed E-state index contributed by atoms with van der Waals surface area (Å²) in [5, 5.41) is 18.6. The van der Waals surface area contributed by atoms with Crippen molar-refractivity contribution in [1.82, 2.24) is 18.8 Å². The zero-order valence-corrected chi connectivity index (χ0v) is 40.3. The van der Waals surface area contributed by atoms with E-state index in [1.54, 1.807) is 50.2 Å². The van der Waals surface area contributed by atoms with Crippen molar-refractivity contribution in [3.63, 3.8) is 0 Å². The van der Waals surface area contributed by atoms with Crippen molar-refractivity contribution in [2.45, 2.75) is 77.7 Å². The van der Waals surface area contributed by atoms with Crippen molar-refractivity contribution in [2.24, 2.45) is 23.7 Å². The van der Waals surface area contributed by atoms with Gasteiger partial charge in [-0.2, -0.15) is 39.5 Å². The lowest BCUT2D eigenvalue weighted by Gasteiger charge is -2.15. The fourth-order valence-electron chi connectivity index (χ4n) is 11.4. The van der Waals surface area contributed by atoms with Gasteiger partial charge in [0.1, 0.15) is 41.8 Å². The van der Waals surface area contributed by atoms with Gasteiger partial charge in [-0.25, -0.2) is 9.97 Å². The molecule has 400 valence electrons. The standard InChI is InChI=1S/C28H20F6N2O3.C28H23F3N2O4.CH4/c1-13-14(12-39-17-5-6-19-15(9-17)10-20-22(19)23(20)26(37)38)3-2-4-18(13)24-25(28(32,33)34)35-21-11-16(27(29,30)31)7-8-36(21)24;1-14-15(13-37-18-6-7-20-16(10-18)11-21-23(20)24(21)27(34)35)4-3-5-19(14)25-26(28(29,30)31)32-22-12-17(36-2)8-9-33(22)25;/h2-9,11,20,22-23H,10,12H2,1H3,(H,37,38);3-10,12,21,23-24H,11,13H2,1-2H3,(H,34,35);1H4/t20-,22+,23+;21-,23+,24+;/m11./s1. The Bertz CT molecular complexity index is 3680. The molecule has 0 spiro atoms. The van der Waals surface area contributed by atoms with Crippen LogP contribution in [-0.2, 0) is 54.2 Å². The number of benzene rings is 4. The van der Waals surface area contributed by atoms with Gasteiger partial charge in [0.15, 0.2) is 11.4 Å². The molecular weight excluding hydrogens is 1020 g/mol. The van der Waals surface area contributed by atoms with Crippen LogP contribution in [0.5, 0.6) is 17.2 Å². The molecule has 6 atom stereocenters. The highest BCUT2D eigenvalue weighted by Crippen LogP contribution is 2.63. The van der Waals surface area contributed by atoms with Gasteiger partial charge in [0.05, 0.1) is 35.9 Å². The number of ether oxygens (including phenoxy) is 3. The summed E-state index contributed by atoms with van der Waals surface area (Å²) in [6.07, 6.45) is -10.4. The van der Waals surface area contributed by atoms with Gasteiger partial charge < -0.3 is 24.4 Å². The molecule has 0 amide bonds. The van der Waals surface area contributed by atoms with Gasteiger partial charge in [-0.3, -0.25) is 18.4 Å². The quantitative estimate of drug-likeness (QED) is 0.121. The summed E-state index contributed by atoms with van der Waals surface area (Å²) >= 11 is 0. The van der Waals surface area contributed by atoms with Gasteiger partial charge in [0, 0.05) is 41.4 Å². The zero-order chi connectivity index (χ0) is 53.9. The third-order valence-electron chi connectivity index (χ3n) is 15.3. The van der Waals surface area contributed by atoms with Crippen LogP contribution in [0.3, 0.4) is 0 Å². The zero-order valence-electron chi connectivity index (χ0n) is 40.3. The minimum atomic E-state index is -4.90. The Kier molecular flexibility index (Phi) is 12.9. The molecule has 4 aliphatic carbocycles. The average molecular weight is 1070 g/mol. The fraction of sp³-hybridized carbons (Fsp3) is 0.298. The number of alkyl halides is 9. The molecule has 2 fully saturated rings. The van der Waals surface area contributed by atoms with E-state index in [1.807, 2.05) is 36.4 Å². The normalized spacial score (nSPS) is 19.8. The van der Waals surface area contributed by atoms with Crippen LogP contribution >= 0.6 is 0 Å². The summed E-state index contributed by atoms with van der Waals surface area (Å²) in [7, 11) is 1.45. The van der Waals surface area contributed by atoms with Crippen LogP contribution in [0.25, 0.3) is 33.8 Å². The third-order valence-corrected chi connectivity index (χ3v) is 15.3. The number of pyridine rings is 2. The summed E-state index contributed by atoms with van der Waals surface area (Å²) in [5.41, 5.74) is 3.26. The molecule has 77 heavy (non-hydrogen) atoms. The predicted octanol–water partition coefficient (Wildman–Crippen LogP) is 13.4. The number of methoxy groups -OCH3 is 1. The number of hydrogen-bond acceptors (Lipinski definition) is 7. The lowest BCUT2D eigenvalue weighted by molar-refractivity contribution is -0.141. The van der Waals surface area contributed by atoms with E-state index in [9.17, 15) is 59.3 Å². The number of rotatable bonds is 11. The first kappa shape index (κ1) is 52.4. The molecule has 4 aliphatic rings. The molecule has 20 heteroatoms. The lowest BCUT2D eigenvalue weighted by Crippen LogP contribution is -2.09. The van der Waals surface area contributed by atoms with Gasteiger partial charge in [-0.1, -0.05) is 56.0 Å². The number of aromatic nitrogens is 4. The number of nitrogens with zero attached hydrogens (tertiary/aromatic N) is 4. The molecule has 8 aromatic rings. The number of carboxylic acid groups (broad SMARTS) is 2. The first-order chi connectivity index (χ1) is 36.0. The van der Waals surface area contributed by atoms with Gasteiger partial charge >= 0.3 is 30.5 Å². The molecule has 12 rings (SSSR count). The van der Waals surface area contributed by atoms with Crippen molar-refractivity contribution in [3.8, 4) is 39.8 Å². The van der Waals surface area contributed by atoms with Crippen molar-refractivity contribution < 1.29 is 73.5 Å². The predicted molar refractivity (Wildman–Crippen MR) is 263 cm³/mol. The third kappa shape index (κ3) is 9.34. The van der Waals surface area contributed by atoms with Crippen LogP contribution in [0, 0.1) is 37.5 Å². The number of aliphatic carboxylic acids is 2. The van der Waals surface area contributed by atoms with Crippen molar-refractivity contribution in [1.29, 1.82) is 0 Å². The second-order valence-corrected chi connectivity index (χ2v) is 19.5. The first-order valence-corrected chi connectivity index (χ1v) is 24.0. The molecule has 0 radical (unpaired) electrons. The van der Waals surface area contributed by atoms with Gasteiger partial charge in [0.2, 0.25) is 0 Å². The number of carbonyl (C=O) groups is 2. The van der Waals surface area contributed by atoms with E-state index in [0.29, 0.717) is 52.0 Å². The van der Waals surface area contributed by atoms with Gasteiger partial charge in [-0.05, 0) is 125 Å². The number of carboxylic acids is 2. The summed E-state index contributed by atoms with van der Waals surface area (Å²) in [4.78, 5) is 30.1. The molecule has 0 aliphatic heterocycles. The highest BCUT2D eigenvalue weighted by atomic mass is 19.4. The number of halogens is 9. The smallest absolute Gasteiger partial charge is 0.435 e. The van der Waals surface area contributed by atoms with Crippen LogP contribution < -0.4 is 14.2 Å². The summed E-state index contributed by atoms with van der Waals surface area (Å²) < 4.78 is 143. The summed E-state index contributed by atoms with van der Waals surface area (Å²) in [6, 6.07) is 25.5. The maximum absolute atomic E-state index is 14.0. The Morgan fingerprint density at radius 3 is 1.44 bits per heavy atom. The maximum atomic E-state index is 14.0. The van der Waals surface area contributed by atoms with Crippen LogP contribution in [-0.4, -0.2) is 48.0 Å². The first-order valence-electron chi connectivity index (χ1n) is 24.0. The van der Waals surface area contributed by atoms with E-state index in [-0.39, 0.29) is 78.7 Å². The molecule has 2 saturated carbocycles. The molecule has 2 N–H and O–H groups in total. The SMILES string of the molecule is C.COc1ccn2c(-c3cccc(COc4ccc5c(c4)C[C@H]4[C@H](C(=O)O)[C@@H]54)c3C)c(C(F)(F)F)nc2c1.Cc1c(COc2ccc3c(c2)C[C@H]2[C@H](C(=O)O)[C@@H]32)cccc1-c1c(C(F)(F)F)nc2cc(C(F)(F)F)ccn12. The number of hydrogen-bond donors (Lipinski definition) is 2. The van der Waals surface area contributed by atoms with Crippen LogP contribution in [0.15, 0.2) is 109 Å². The topological polar surface area (TPSA) is 137 Å². The highest BCUT2D eigenvalue weighted by Gasteiger charge is 2.60. The van der Waals surface area contributed by atoms with Crippen LogP contribution in [0.1, 0.15) is 80.7 Å². The van der Waals surface area contributed by atoms with Gasteiger partial charge in [0.25, 0.3) is 0 Å². The minimum Gasteiger partial charge on any atom is -0.497 e. The van der Waals surface area contributed by atoms with Crippen LogP contribution in [0.2, 0.25) is 0 Å². The van der Waals surface area contributed by atoms with E-state index in [2.05, 4.69) is 9.97 Å². The van der Waals surface area contributed by atoms with E-state index in [1.165, 1.54) is 29.8 Å². The Labute approximate surface area is 433 Å². The Morgan fingerprint density at radius 2 is 1.03 bits per heavy atom. The average Bonchev–Trinajstić information content (AvgIpc) is 4.06. The molecule has 0 bridgehead atoms. The van der Waals surface area contributed by atoms with E-state index < -0.39 is 53.1 Å². The van der Waals surface area contributed by atoms with Crippen molar-refractivity contribution in [2.75, 3.05) is 7.11 Å². The monoisotopic (exact) mass is 1070 g/mol. The molecule has 0 unspecified atom stereocenters. The Morgan fingerprint density at radius 1 is 0.584 bits per heavy atom. The molecular formula is C57H47F9N4O7. The second-order valence-electron chi connectivity index (χ2n) is 19.5. The van der Waals surface area contributed by atoms with E-state index in [0.717, 1.165) is 50.9 Å². The largest absolute Gasteiger partial charge is 0.497 e. The minimum absolute atomic E-state index is 0. The molecule has 0 saturated heterocycles. The number of fused-ring (bicyclic) bond motifs is 8. The lowest BCUT2D eigenvalue weighted by atomic mass is 9.99. The molecule has 11 nitrogen and oxygen atoms in total. The molecule has 4 heterocycles.